The molecule has 0 aliphatic carbocycles. The lowest BCUT2D eigenvalue weighted by molar-refractivity contribution is 0.163. The number of hydrogen-bond acceptors (Lipinski definition) is 3. The van der Waals surface area contributed by atoms with Crippen molar-refractivity contribution in [3.05, 3.63) is 34.7 Å². The Balaban J connectivity index is 2.15. The average molecular weight is 326 g/mol. The van der Waals surface area contributed by atoms with Crippen molar-refractivity contribution in [3.8, 4) is 0 Å². The van der Waals surface area contributed by atoms with E-state index in [4.69, 9.17) is 0 Å². The lowest BCUT2D eigenvalue weighted by atomic mass is 9.97. The zero-order valence-corrected chi connectivity index (χ0v) is 12.9. The number of halogens is 1. The molecule has 0 saturated carbocycles. The van der Waals surface area contributed by atoms with Gasteiger partial charge >= 0.3 is 0 Å². The molecule has 2 N–H and O–H groups in total. The predicted molar refractivity (Wildman–Crippen MR) is 80.1 cm³/mol. The van der Waals surface area contributed by atoms with Crippen molar-refractivity contribution in [2.75, 3.05) is 6.61 Å². The number of aliphatic hydroxyl groups is 1. The third kappa shape index (κ3) is 3.35. The molecular weight excluding hydrogens is 306 g/mol. The van der Waals surface area contributed by atoms with Gasteiger partial charge in [-0.1, -0.05) is 13.3 Å². The van der Waals surface area contributed by atoms with E-state index in [9.17, 15) is 5.11 Å². The summed E-state index contributed by atoms with van der Waals surface area (Å²) in [6, 6.07) is 3.96. The van der Waals surface area contributed by atoms with Crippen LogP contribution >= 0.6 is 15.9 Å². The molecule has 1 unspecified atom stereocenters. The number of fused-ring (bicyclic) bond motifs is 1. The first kappa shape index (κ1) is 14.5. The van der Waals surface area contributed by atoms with Crippen molar-refractivity contribution < 1.29 is 5.11 Å². The molecule has 0 aliphatic rings. The molecule has 0 spiro atoms. The summed E-state index contributed by atoms with van der Waals surface area (Å²) in [5.74, 6) is 0. The van der Waals surface area contributed by atoms with Gasteiger partial charge in [0, 0.05) is 22.8 Å². The Bertz CT molecular complexity index is 555. The monoisotopic (exact) mass is 325 g/mol. The summed E-state index contributed by atoms with van der Waals surface area (Å²) >= 11 is 3.47. The van der Waals surface area contributed by atoms with Crippen LogP contribution in [0.2, 0.25) is 0 Å². The number of imidazole rings is 1. The van der Waals surface area contributed by atoms with Crippen LogP contribution in [0.3, 0.4) is 0 Å². The molecule has 5 heteroatoms. The Morgan fingerprint density at radius 3 is 2.95 bits per heavy atom. The number of nitrogens with one attached hydrogen (secondary N) is 1. The summed E-state index contributed by atoms with van der Waals surface area (Å²) in [4.78, 5) is 4.37. The molecule has 0 amide bonds. The van der Waals surface area contributed by atoms with Crippen molar-refractivity contribution in [1.29, 1.82) is 0 Å². The molecule has 2 aromatic rings. The molecule has 0 bridgehead atoms. The van der Waals surface area contributed by atoms with Crippen LogP contribution in [0.25, 0.3) is 5.65 Å². The fourth-order valence-electron chi connectivity index (χ4n) is 2.21. The van der Waals surface area contributed by atoms with Crippen LogP contribution in [0.1, 0.15) is 32.4 Å². The summed E-state index contributed by atoms with van der Waals surface area (Å²) in [6.45, 7) is 5.01. The largest absolute Gasteiger partial charge is 0.394 e. The molecule has 0 fully saturated rings. The van der Waals surface area contributed by atoms with Crippen molar-refractivity contribution in [3.63, 3.8) is 0 Å². The average Bonchev–Trinajstić information content (AvgIpc) is 2.79. The topological polar surface area (TPSA) is 49.6 Å². The highest BCUT2D eigenvalue weighted by molar-refractivity contribution is 9.10. The molecule has 0 aromatic carbocycles. The van der Waals surface area contributed by atoms with Gasteiger partial charge in [0.2, 0.25) is 0 Å². The SMILES string of the molecule is CCCC(C)(CO)NCc1cnc2ccc(Br)cn12. The standard InChI is InChI=1S/C14H20BrN3O/c1-3-6-14(2,10-19)17-8-12-7-16-13-5-4-11(15)9-18(12)13/h4-5,7,9,17,19H,3,6,8,10H2,1-2H3. The molecular formula is C14H20BrN3O. The van der Waals surface area contributed by atoms with Gasteiger partial charge in [-0.25, -0.2) is 4.98 Å². The number of hydrogen-bond donors (Lipinski definition) is 2. The highest BCUT2D eigenvalue weighted by Gasteiger charge is 2.21. The number of aliphatic hydroxyl groups excluding tert-OH is 1. The van der Waals surface area contributed by atoms with Crippen molar-refractivity contribution in [2.24, 2.45) is 0 Å². The van der Waals surface area contributed by atoms with E-state index in [-0.39, 0.29) is 12.1 Å². The Morgan fingerprint density at radius 2 is 2.26 bits per heavy atom. The summed E-state index contributed by atoms with van der Waals surface area (Å²) in [5, 5.41) is 12.9. The third-order valence-corrected chi connectivity index (χ3v) is 3.86. The molecule has 19 heavy (non-hydrogen) atoms. The van der Waals surface area contributed by atoms with Gasteiger partial charge in [0.1, 0.15) is 5.65 Å². The minimum Gasteiger partial charge on any atom is -0.394 e. The van der Waals surface area contributed by atoms with Crippen LogP contribution in [0.15, 0.2) is 29.0 Å². The van der Waals surface area contributed by atoms with E-state index < -0.39 is 0 Å². The molecule has 104 valence electrons. The quantitative estimate of drug-likeness (QED) is 0.858. The molecule has 1 atom stereocenters. The summed E-state index contributed by atoms with van der Waals surface area (Å²) in [6.07, 6.45) is 5.88. The van der Waals surface area contributed by atoms with Crippen LogP contribution < -0.4 is 5.32 Å². The highest BCUT2D eigenvalue weighted by Crippen LogP contribution is 2.16. The number of pyridine rings is 1. The first-order valence-corrected chi connectivity index (χ1v) is 7.34. The fraction of sp³-hybridized carbons (Fsp3) is 0.500. The Labute approximate surface area is 122 Å². The number of rotatable bonds is 6. The zero-order chi connectivity index (χ0) is 13.9. The van der Waals surface area contributed by atoms with Crippen LogP contribution in [-0.4, -0.2) is 26.6 Å². The van der Waals surface area contributed by atoms with Gasteiger partial charge in [-0.15, -0.1) is 0 Å². The second-order valence-corrected chi connectivity index (χ2v) is 6.06. The van der Waals surface area contributed by atoms with Crippen molar-refractivity contribution in [2.45, 2.75) is 38.8 Å². The highest BCUT2D eigenvalue weighted by atomic mass is 79.9. The Kier molecular flexibility index (Phi) is 4.60. The van der Waals surface area contributed by atoms with E-state index in [2.05, 4.69) is 44.5 Å². The Hall–Kier alpha value is -0.910. The molecule has 0 saturated heterocycles. The molecule has 2 aromatic heterocycles. The van der Waals surface area contributed by atoms with Gasteiger partial charge in [0.15, 0.2) is 0 Å². The zero-order valence-electron chi connectivity index (χ0n) is 11.4. The van der Waals surface area contributed by atoms with Crippen molar-refractivity contribution >= 4 is 21.6 Å². The summed E-state index contributed by atoms with van der Waals surface area (Å²) < 4.78 is 3.08. The first-order valence-electron chi connectivity index (χ1n) is 6.55. The number of aromatic nitrogens is 2. The lowest BCUT2D eigenvalue weighted by Crippen LogP contribution is -2.45. The molecule has 0 radical (unpaired) electrons. The minimum atomic E-state index is -0.231. The molecule has 4 nitrogen and oxygen atoms in total. The maximum absolute atomic E-state index is 9.51. The lowest BCUT2D eigenvalue weighted by Gasteiger charge is -2.28. The third-order valence-electron chi connectivity index (χ3n) is 3.39. The van der Waals surface area contributed by atoms with Gasteiger partial charge < -0.3 is 14.8 Å². The predicted octanol–water partition coefficient (Wildman–Crippen LogP) is 2.74. The van der Waals surface area contributed by atoms with Crippen LogP contribution in [0.4, 0.5) is 0 Å². The van der Waals surface area contributed by atoms with Gasteiger partial charge in [0.25, 0.3) is 0 Å². The van der Waals surface area contributed by atoms with Gasteiger partial charge in [-0.3, -0.25) is 0 Å². The molecule has 0 aliphatic heterocycles. The maximum atomic E-state index is 9.51. The molecule has 2 rings (SSSR count). The normalized spacial score (nSPS) is 14.7. The van der Waals surface area contributed by atoms with E-state index in [1.54, 1.807) is 0 Å². The van der Waals surface area contributed by atoms with E-state index in [1.165, 1.54) is 0 Å². The second-order valence-electron chi connectivity index (χ2n) is 5.15. The van der Waals surface area contributed by atoms with Gasteiger partial charge in [-0.2, -0.15) is 0 Å². The van der Waals surface area contributed by atoms with E-state index in [1.807, 2.05) is 24.5 Å². The fourth-order valence-corrected chi connectivity index (χ4v) is 2.55. The van der Waals surface area contributed by atoms with Crippen LogP contribution in [-0.2, 0) is 6.54 Å². The van der Waals surface area contributed by atoms with Crippen LogP contribution in [0.5, 0.6) is 0 Å². The van der Waals surface area contributed by atoms with Gasteiger partial charge in [-0.05, 0) is 41.4 Å². The van der Waals surface area contributed by atoms with Crippen molar-refractivity contribution in [1.82, 2.24) is 14.7 Å². The second kappa shape index (κ2) is 6.03. The number of nitrogens with zero attached hydrogens (tertiary/aromatic N) is 2. The Morgan fingerprint density at radius 1 is 1.47 bits per heavy atom. The minimum absolute atomic E-state index is 0.140. The smallest absolute Gasteiger partial charge is 0.136 e. The van der Waals surface area contributed by atoms with Gasteiger partial charge in [0.05, 0.1) is 18.5 Å². The van der Waals surface area contributed by atoms with E-state index >= 15 is 0 Å². The van der Waals surface area contributed by atoms with Crippen LogP contribution in [0, 0.1) is 0 Å². The summed E-state index contributed by atoms with van der Waals surface area (Å²) in [5.41, 5.74) is 1.79. The maximum Gasteiger partial charge on any atom is 0.136 e. The van der Waals surface area contributed by atoms with E-state index in [0.29, 0.717) is 6.54 Å². The first-order chi connectivity index (χ1) is 9.08. The molecule has 2 heterocycles. The summed E-state index contributed by atoms with van der Waals surface area (Å²) in [7, 11) is 0. The van der Waals surface area contributed by atoms with E-state index in [0.717, 1.165) is 28.7 Å².